The predicted molar refractivity (Wildman–Crippen MR) is 84.5 cm³/mol. The number of hydrogen-bond donors (Lipinski definition) is 1. The molecule has 1 aromatic rings. The number of ether oxygens (including phenoxy) is 2. The number of carbonyl (C=O) groups is 1. The average Bonchev–Trinajstić information content (AvgIpc) is 2.48. The Hall–Kier alpha value is -1.50. The molecule has 2 heterocycles. The fourth-order valence-corrected chi connectivity index (χ4v) is 2.96. The smallest absolute Gasteiger partial charge is 0.257 e. The summed E-state index contributed by atoms with van der Waals surface area (Å²) in [4.78, 5) is 16.9. The minimum absolute atomic E-state index is 0.0664. The van der Waals surface area contributed by atoms with Crippen molar-refractivity contribution in [2.75, 3.05) is 52.2 Å². The molecule has 2 N–H and O–H groups in total. The summed E-state index contributed by atoms with van der Waals surface area (Å²) < 4.78 is 10.5. The Kier molecular flexibility index (Phi) is 4.42. The number of benzene rings is 1. The fraction of sp³-hybridized carbons (Fsp3) is 0.533. The second-order valence-electron chi connectivity index (χ2n) is 5.59. The van der Waals surface area contributed by atoms with Crippen LogP contribution in [0, 0.1) is 0 Å². The molecule has 1 aromatic carbocycles. The number of carbonyl (C=O) groups excluding carboxylic acids is 1. The monoisotopic (exact) mass is 325 g/mol. The number of methoxy groups -OCH3 is 1. The van der Waals surface area contributed by atoms with Gasteiger partial charge in [0.2, 0.25) is 0 Å². The van der Waals surface area contributed by atoms with Crippen LogP contribution in [-0.4, -0.2) is 68.3 Å². The minimum atomic E-state index is -0.0664. The zero-order valence-corrected chi connectivity index (χ0v) is 13.3. The van der Waals surface area contributed by atoms with E-state index in [1.54, 1.807) is 12.1 Å². The first-order valence-electron chi connectivity index (χ1n) is 7.34. The van der Waals surface area contributed by atoms with E-state index in [1.165, 1.54) is 7.11 Å². The summed E-state index contributed by atoms with van der Waals surface area (Å²) in [5, 5.41) is 0.370. The summed E-state index contributed by atoms with van der Waals surface area (Å²) >= 11 is 6.04. The van der Waals surface area contributed by atoms with E-state index in [9.17, 15) is 4.79 Å². The van der Waals surface area contributed by atoms with E-state index in [4.69, 9.17) is 26.8 Å². The van der Waals surface area contributed by atoms with Crippen molar-refractivity contribution in [3.63, 3.8) is 0 Å². The van der Waals surface area contributed by atoms with Gasteiger partial charge in [-0.2, -0.15) is 0 Å². The summed E-state index contributed by atoms with van der Waals surface area (Å²) in [5.41, 5.74) is 6.63. The number of anilines is 1. The van der Waals surface area contributed by atoms with Crippen molar-refractivity contribution < 1.29 is 14.3 Å². The quantitative estimate of drug-likeness (QED) is 0.843. The molecule has 0 aliphatic carbocycles. The van der Waals surface area contributed by atoms with Gasteiger partial charge < -0.3 is 20.1 Å². The normalized spacial score (nSPS) is 19.8. The second-order valence-corrected chi connectivity index (χ2v) is 6.00. The third-order valence-corrected chi connectivity index (χ3v) is 4.61. The zero-order chi connectivity index (χ0) is 15.7. The van der Waals surface area contributed by atoms with Crippen LogP contribution < -0.4 is 10.5 Å². The Morgan fingerprint density at radius 1 is 1.32 bits per heavy atom. The van der Waals surface area contributed by atoms with Crippen LogP contribution in [0.4, 0.5) is 5.69 Å². The number of nitrogens with zero attached hydrogens (tertiary/aromatic N) is 2. The minimum Gasteiger partial charge on any atom is -0.496 e. The maximum atomic E-state index is 12.7. The highest BCUT2D eigenvalue weighted by atomic mass is 35.5. The molecular formula is C15H20ClN3O3. The molecule has 0 radical (unpaired) electrons. The van der Waals surface area contributed by atoms with E-state index in [0.717, 1.165) is 26.3 Å². The summed E-state index contributed by atoms with van der Waals surface area (Å²) in [6, 6.07) is 3.69. The third-order valence-electron chi connectivity index (χ3n) is 4.29. The van der Waals surface area contributed by atoms with E-state index in [-0.39, 0.29) is 5.91 Å². The van der Waals surface area contributed by atoms with Gasteiger partial charge in [0, 0.05) is 32.2 Å². The first-order valence-corrected chi connectivity index (χ1v) is 7.72. The standard InChI is InChI=1S/C15H20ClN3O3/c1-21-14-7-13(17)12(16)6-11(14)15(20)19-4-2-18(3-5-19)10-8-22-9-10/h6-7,10H,2-5,8-9,17H2,1H3. The van der Waals surface area contributed by atoms with Gasteiger partial charge in [-0.25, -0.2) is 0 Å². The maximum Gasteiger partial charge on any atom is 0.257 e. The molecule has 2 aliphatic rings. The van der Waals surface area contributed by atoms with Gasteiger partial charge in [-0.1, -0.05) is 11.6 Å². The molecule has 6 nitrogen and oxygen atoms in total. The van der Waals surface area contributed by atoms with Gasteiger partial charge in [0.15, 0.2) is 0 Å². The molecule has 0 aromatic heterocycles. The molecule has 2 saturated heterocycles. The van der Waals surface area contributed by atoms with Crippen molar-refractivity contribution >= 4 is 23.2 Å². The number of rotatable bonds is 3. The van der Waals surface area contributed by atoms with Crippen LogP contribution in [0.2, 0.25) is 5.02 Å². The van der Waals surface area contributed by atoms with Gasteiger partial charge >= 0.3 is 0 Å². The van der Waals surface area contributed by atoms with Crippen LogP contribution in [0.15, 0.2) is 12.1 Å². The van der Waals surface area contributed by atoms with Gasteiger partial charge in [0.05, 0.1) is 42.6 Å². The van der Waals surface area contributed by atoms with Crippen molar-refractivity contribution in [3.05, 3.63) is 22.7 Å². The molecule has 0 saturated carbocycles. The van der Waals surface area contributed by atoms with Crippen LogP contribution in [-0.2, 0) is 4.74 Å². The number of amides is 1. The van der Waals surface area contributed by atoms with Crippen LogP contribution in [0.1, 0.15) is 10.4 Å². The van der Waals surface area contributed by atoms with Crippen LogP contribution >= 0.6 is 11.6 Å². The molecule has 0 unspecified atom stereocenters. The van der Waals surface area contributed by atoms with E-state index in [0.29, 0.717) is 41.2 Å². The van der Waals surface area contributed by atoms with Crippen molar-refractivity contribution in [2.24, 2.45) is 0 Å². The highest BCUT2D eigenvalue weighted by Crippen LogP contribution is 2.30. The van der Waals surface area contributed by atoms with Gasteiger partial charge in [-0.3, -0.25) is 9.69 Å². The summed E-state index contributed by atoms with van der Waals surface area (Å²) in [6.45, 7) is 4.72. The van der Waals surface area contributed by atoms with Crippen LogP contribution in [0.25, 0.3) is 0 Å². The number of halogens is 1. The Morgan fingerprint density at radius 3 is 2.55 bits per heavy atom. The van der Waals surface area contributed by atoms with Crippen molar-refractivity contribution in [2.45, 2.75) is 6.04 Å². The highest BCUT2D eigenvalue weighted by molar-refractivity contribution is 6.33. The van der Waals surface area contributed by atoms with Crippen LogP contribution in [0.3, 0.4) is 0 Å². The summed E-state index contributed by atoms with van der Waals surface area (Å²) in [6.07, 6.45) is 0. The van der Waals surface area contributed by atoms with E-state index >= 15 is 0 Å². The topological polar surface area (TPSA) is 68.0 Å². The average molecular weight is 326 g/mol. The second kappa shape index (κ2) is 6.32. The molecule has 1 amide bonds. The van der Waals surface area contributed by atoms with Gasteiger partial charge in [-0.05, 0) is 6.07 Å². The SMILES string of the molecule is COc1cc(N)c(Cl)cc1C(=O)N1CCN(C2COC2)CC1. The predicted octanol–water partition coefficient (Wildman–Crippen LogP) is 1.09. The van der Waals surface area contributed by atoms with Crippen LogP contribution in [0.5, 0.6) is 5.75 Å². The van der Waals surface area contributed by atoms with E-state index < -0.39 is 0 Å². The Bertz CT molecular complexity index is 569. The number of hydrogen-bond acceptors (Lipinski definition) is 5. The molecular weight excluding hydrogens is 306 g/mol. The molecule has 7 heteroatoms. The first-order chi connectivity index (χ1) is 10.6. The lowest BCUT2D eigenvalue weighted by Crippen LogP contribution is -2.57. The summed E-state index contributed by atoms with van der Waals surface area (Å²) in [7, 11) is 1.52. The molecule has 120 valence electrons. The molecule has 0 atom stereocenters. The zero-order valence-electron chi connectivity index (χ0n) is 12.5. The van der Waals surface area contributed by atoms with Gasteiger partial charge in [-0.15, -0.1) is 0 Å². The van der Waals surface area contributed by atoms with E-state index in [1.807, 2.05) is 4.90 Å². The molecule has 3 rings (SSSR count). The lowest BCUT2D eigenvalue weighted by atomic mass is 10.1. The number of nitrogen functional groups attached to an aromatic ring is 1. The maximum absolute atomic E-state index is 12.7. The largest absolute Gasteiger partial charge is 0.496 e. The summed E-state index contributed by atoms with van der Waals surface area (Å²) in [5.74, 6) is 0.394. The van der Waals surface area contributed by atoms with Crippen molar-refractivity contribution in [1.82, 2.24) is 9.80 Å². The van der Waals surface area contributed by atoms with E-state index in [2.05, 4.69) is 4.90 Å². The van der Waals surface area contributed by atoms with Crippen molar-refractivity contribution in [3.8, 4) is 5.75 Å². The van der Waals surface area contributed by atoms with Crippen molar-refractivity contribution in [1.29, 1.82) is 0 Å². The molecule has 0 bridgehead atoms. The highest BCUT2D eigenvalue weighted by Gasteiger charge is 2.31. The molecule has 2 aliphatic heterocycles. The molecule has 2 fully saturated rings. The van der Waals surface area contributed by atoms with Gasteiger partial charge in [0.1, 0.15) is 5.75 Å². The Labute approximate surface area is 134 Å². The fourth-order valence-electron chi connectivity index (χ4n) is 2.80. The first kappa shape index (κ1) is 15.4. The molecule has 22 heavy (non-hydrogen) atoms. The Morgan fingerprint density at radius 2 is 2.00 bits per heavy atom. The number of nitrogens with two attached hydrogens (primary N) is 1. The lowest BCUT2D eigenvalue weighted by Gasteiger charge is -2.42. The number of piperazine rings is 1. The third kappa shape index (κ3) is 2.86. The Balaban J connectivity index is 1.70. The van der Waals surface area contributed by atoms with Gasteiger partial charge in [0.25, 0.3) is 5.91 Å². The lowest BCUT2D eigenvalue weighted by molar-refractivity contribution is -0.0746. The molecule has 0 spiro atoms.